The van der Waals surface area contributed by atoms with Crippen LogP contribution >= 0.6 is 11.8 Å². The van der Waals surface area contributed by atoms with E-state index in [0.29, 0.717) is 28.4 Å². The smallest absolute Gasteiger partial charge is 0.171 e. The molecule has 7 rings (SSSR count). The lowest BCUT2D eigenvalue weighted by Crippen LogP contribution is -2.32. The Morgan fingerprint density at radius 1 is 0.909 bits per heavy atom. The van der Waals surface area contributed by atoms with Gasteiger partial charge in [-0.05, 0) is 29.7 Å². The summed E-state index contributed by atoms with van der Waals surface area (Å²) in [5.41, 5.74) is 13.4. The molecule has 44 heavy (non-hydrogen) atoms. The highest BCUT2D eigenvalue weighted by atomic mass is 32.2. The number of aromatic nitrogens is 5. The van der Waals surface area contributed by atoms with Crippen LogP contribution in [0.1, 0.15) is 17.5 Å². The van der Waals surface area contributed by atoms with E-state index < -0.39 is 24.5 Å². The van der Waals surface area contributed by atoms with Crippen LogP contribution in [0.5, 0.6) is 0 Å². The van der Waals surface area contributed by atoms with Crippen LogP contribution in [-0.4, -0.2) is 59.0 Å². The minimum absolute atomic E-state index is 0.318. The molecule has 0 amide bonds. The van der Waals surface area contributed by atoms with Gasteiger partial charge in [-0.2, -0.15) is 11.8 Å². The van der Waals surface area contributed by atoms with E-state index in [9.17, 15) is 10.2 Å². The maximum Gasteiger partial charge on any atom is 0.171 e. The molecule has 0 saturated carbocycles. The number of thioether (sulfide) groups is 1. The van der Waals surface area contributed by atoms with E-state index in [4.69, 9.17) is 15.0 Å². The highest BCUT2D eigenvalue weighted by Crippen LogP contribution is 2.40. The Hall–Kier alpha value is -4.55. The molecule has 2 aromatic carbocycles. The number of anilines is 1. The number of hydrogen-bond donors (Lipinski definition) is 3. The van der Waals surface area contributed by atoms with Crippen molar-refractivity contribution < 1.29 is 19.5 Å². The van der Waals surface area contributed by atoms with Gasteiger partial charge in [0.2, 0.25) is 0 Å². The maximum absolute atomic E-state index is 11.2. The molecular weight excluding hydrogens is 576 g/mol. The van der Waals surface area contributed by atoms with Crippen molar-refractivity contribution in [1.29, 1.82) is 0 Å². The van der Waals surface area contributed by atoms with Gasteiger partial charge in [0.1, 0.15) is 30.0 Å². The van der Waals surface area contributed by atoms with Crippen molar-refractivity contribution in [2.75, 3.05) is 11.5 Å². The molecule has 11 heteroatoms. The fraction of sp³-hybridized carbons (Fsp3) is 0.212. The van der Waals surface area contributed by atoms with Gasteiger partial charge in [-0.15, -0.1) is 0 Å². The molecule has 0 spiro atoms. The Morgan fingerprint density at radius 3 is 2.45 bits per heavy atom. The molecule has 6 aromatic rings. The van der Waals surface area contributed by atoms with E-state index >= 15 is 0 Å². The quantitative estimate of drug-likeness (QED) is 0.210. The highest BCUT2D eigenvalue weighted by Gasteiger charge is 2.44. The summed E-state index contributed by atoms with van der Waals surface area (Å²) in [5.74, 6) is 2.12. The normalized spacial score (nSPS) is 20.0. The summed E-state index contributed by atoms with van der Waals surface area (Å²) < 4.78 is 13.7. The monoisotopic (exact) mass is 606 g/mol. The Morgan fingerprint density at radius 2 is 1.68 bits per heavy atom. The largest absolute Gasteiger partial charge is 0.387 e. The second-order valence-electron chi connectivity index (χ2n) is 10.7. The van der Waals surface area contributed by atoms with E-state index in [1.54, 1.807) is 22.5 Å². The van der Waals surface area contributed by atoms with Gasteiger partial charge >= 0.3 is 0 Å². The average molecular weight is 607 g/mol. The van der Waals surface area contributed by atoms with Gasteiger partial charge in [-0.25, -0.2) is 9.97 Å². The number of rotatable bonds is 8. The zero-order valence-corrected chi connectivity index (χ0v) is 24.6. The molecule has 1 aliphatic heterocycles. The van der Waals surface area contributed by atoms with E-state index in [2.05, 4.69) is 20.1 Å². The lowest BCUT2D eigenvalue weighted by Gasteiger charge is -2.17. The van der Waals surface area contributed by atoms with Crippen LogP contribution in [0.4, 0.5) is 5.82 Å². The van der Waals surface area contributed by atoms with Gasteiger partial charge in [0.15, 0.2) is 12.0 Å². The first-order valence-electron chi connectivity index (χ1n) is 14.2. The number of nitrogen functional groups attached to an aromatic ring is 1. The fourth-order valence-electron chi connectivity index (χ4n) is 5.65. The first-order chi connectivity index (χ1) is 21.5. The topological polar surface area (TPSA) is 145 Å². The number of aliphatic hydroxyl groups excluding tert-OH is 2. The SMILES string of the molecule is Cc1noc(-c2ccccc2)c1CSC[C@H]1O[C@@H](n2cc(-c3ccc(-c4cccnc4)cc3)c3c(N)ncnc32)[C@H](O)[C@@H]1O. The Kier molecular flexibility index (Phi) is 7.61. The Balaban J connectivity index is 1.12. The zero-order valence-electron chi connectivity index (χ0n) is 23.8. The van der Waals surface area contributed by atoms with Crippen LogP contribution in [0.3, 0.4) is 0 Å². The predicted molar refractivity (Wildman–Crippen MR) is 169 cm³/mol. The molecule has 0 radical (unpaired) electrons. The van der Waals surface area contributed by atoms with Gasteiger partial charge in [0.05, 0.1) is 17.2 Å². The average Bonchev–Trinajstić information content (AvgIpc) is 3.72. The molecule has 0 unspecified atom stereocenters. The minimum atomic E-state index is -1.18. The lowest BCUT2D eigenvalue weighted by atomic mass is 10.0. The molecule has 4 aromatic heterocycles. The van der Waals surface area contributed by atoms with Crippen LogP contribution in [0.2, 0.25) is 0 Å². The number of aryl methyl sites for hydroxylation is 1. The first kappa shape index (κ1) is 28.2. The molecule has 1 saturated heterocycles. The molecule has 4 N–H and O–H groups in total. The Bertz CT molecular complexity index is 1900. The maximum atomic E-state index is 11.2. The number of aliphatic hydroxyl groups is 2. The molecule has 1 fully saturated rings. The number of hydrogen-bond acceptors (Lipinski definition) is 10. The summed E-state index contributed by atoms with van der Waals surface area (Å²) in [6.07, 6.45) is 3.06. The predicted octanol–water partition coefficient (Wildman–Crippen LogP) is 5.26. The van der Waals surface area contributed by atoms with Crippen molar-refractivity contribution in [3.8, 4) is 33.6 Å². The third-order valence-electron chi connectivity index (χ3n) is 7.99. The van der Waals surface area contributed by atoms with E-state index in [1.165, 1.54) is 6.33 Å². The van der Waals surface area contributed by atoms with Crippen molar-refractivity contribution in [3.05, 3.63) is 103 Å². The zero-order chi connectivity index (χ0) is 30.2. The fourth-order valence-corrected chi connectivity index (χ4v) is 6.82. The molecular formula is C33H30N6O4S. The highest BCUT2D eigenvalue weighted by molar-refractivity contribution is 7.98. The number of fused-ring (bicyclic) bond motifs is 1. The van der Waals surface area contributed by atoms with Crippen molar-refractivity contribution in [1.82, 2.24) is 24.7 Å². The minimum Gasteiger partial charge on any atom is -0.387 e. The number of ether oxygens (including phenoxy) is 1. The number of nitrogens with two attached hydrogens (primary N) is 1. The van der Waals surface area contributed by atoms with Crippen LogP contribution in [0, 0.1) is 6.92 Å². The van der Waals surface area contributed by atoms with E-state index in [-0.39, 0.29) is 0 Å². The van der Waals surface area contributed by atoms with Gasteiger partial charge in [-0.3, -0.25) is 4.98 Å². The van der Waals surface area contributed by atoms with Crippen molar-refractivity contribution >= 4 is 28.6 Å². The van der Waals surface area contributed by atoms with Gasteiger partial charge in [0, 0.05) is 46.8 Å². The number of pyridine rings is 1. The van der Waals surface area contributed by atoms with Gasteiger partial charge in [0.25, 0.3) is 0 Å². The molecule has 0 aliphatic carbocycles. The first-order valence-corrected chi connectivity index (χ1v) is 15.4. The summed E-state index contributed by atoms with van der Waals surface area (Å²) in [6, 6.07) is 21.8. The van der Waals surface area contributed by atoms with Crippen molar-refractivity contribution in [2.24, 2.45) is 0 Å². The molecule has 10 nitrogen and oxygen atoms in total. The molecule has 4 atom stereocenters. The van der Waals surface area contributed by atoms with Crippen LogP contribution in [0.25, 0.3) is 44.6 Å². The third-order valence-corrected chi connectivity index (χ3v) is 9.05. The summed E-state index contributed by atoms with van der Waals surface area (Å²) in [6.45, 7) is 1.92. The summed E-state index contributed by atoms with van der Waals surface area (Å²) in [5, 5.41) is 27.0. The number of nitrogens with zero attached hydrogens (tertiary/aromatic N) is 5. The van der Waals surface area contributed by atoms with Crippen molar-refractivity contribution in [3.63, 3.8) is 0 Å². The summed E-state index contributed by atoms with van der Waals surface area (Å²) in [7, 11) is 0. The number of benzene rings is 2. The molecule has 1 aliphatic rings. The summed E-state index contributed by atoms with van der Waals surface area (Å²) >= 11 is 1.59. The molecule has 222 valence electrons. The molecule has 0 bridgehead atoms. The van der Waals surface area contributed by atoms with E-state index in [0.717, 1.165) is 44.8 Å². The van der Waals surface area contributed by atoms with E-state index in [1.807, 2.05) is 86.0 Å². The van der Waals surface area contributed by atoms with Gasteiger partial charge in [-0.1, -0.05) is 65.8 Å². The second-order valence-corrected chi connectivity index (χ2v) is 11.8. The third kappa shape index (κ3) is 5.13. The van der Waals surface area contributed by atoms with Gasteiger partial charge < -0.3 is 29.8 Å². The Labute approximate surface area is 257 Å². The second kappa shape index (κ2) is 11.9. The summed E-state index contributed by atoms with van der Waals surface area (Å²) in [4.78, 5) is 12.9. The van der Waals surface area contributed by atoms with Crippen LogP contribution in [0.15, 0.2) is 96.2 Å². The molecule has 5 heterocycles. The van der Waals surface area contributed by atoms with Crippen LogP contribution < -0.4 is 5.73 Å². The van der Waals surface area contributed by atoms with Crippen molar-refractivity contribution in [2.45, 2.75) is 37.2 Å². The lowest BCUT2D eigenvalue weighted by molar-refractivity contribution is -0.0285. The van der Waals surface area contributed by atoms with Crippen LogP contribution in [-0.2, 0) is 10.5 Å². The standard InChI is InChI=1S/C33H30N6O4S/c1-19-25(30(43-38-19)22-6-3-2-4-7-22)16-44-17-26-28(40)29(41)33(42-26)39-15-24(27-31(34)36-18-37-32(27)39)21-11-9-20(10-12-21)23-8-5-13-35-14-23/h2-15,18,26,28-29,33,40-41H,16-17H2,1H3,(H2,34,36,37)/t26-,28-,29-,33-/m1/s1.